The van der Waals surface area contributed by atoms with Gasteiger partial charge < -0.3 is 20.1 Å². The van der Waals surface area contributed by atoms with Crippen LogP contribution in [0.3, 0.4) is 0 Å². The molecule has 1 atom stereocenters. The maximum Gasteiger partial charge on any atom is 0.335 e. The van der Waals surface area contributed by atoms with Crippen LogP contribution in [0.1, 0.15) is 48.5 Å². The van der Waals surface area contributed by atoms with Gasteiger partial charge in [-0.1, -0.05) is 55.0 Å². The van der Waals surface area contributed by atoms with Crippen LogP contribution in [0.25, 0.3) is 16.8 Å². The molecule has 4 rings (SSSR count). The van der Waals surface area contributed by atoms with Crippen LogP contribution in [-0.2, 0) is 4.79 Å². The van der Waals surface area contributed by atoms with E-state index in [4.69, 9.17) is 4.74 Å². The number of benzene rings is 3. The molecule has 6 nitrogen and oxygen atoms in total. The standard InChI is InChI=1S/C30H34N2O4/c1-22-8-4-5-18-32(22)19-7-17-31-29(33)26(20-23-13-15-25(16-14-23)30(34)35)21-36-28-12-6-10-24-9-2-3-11-27(24)28/h2-3,6,9-16,20,22H,4-5,7-8,17-19,21H2,1H3,(H,31,33)(H,34,35)/b26-20+. The summed E-state index contributed by atoms with van der Waals surface area (Å²) < 4.78 is 6.12. The molecule has 3 aromatic carbocycles. The number of carboxylic acids is 1. The molecule has 0 bridgehead atoms. The second-order valence-corrected chi connectivity index (χ2v) is 9.35. The molecule has 1 amide bonds. The van der Waals surface area contributed by atoms with Gasteiger partial charge in [0.05, 0.1) is 11.1 Å². The molecule has 3 aromatic rings. The first-order chi connectivity index (χ1) is 17.5. The molecule has 0 radical (unpaired) electrons. The van der Waals surface area contributed by atoms with Crippen molar-refractivity contribution >= 4 is 28.7 Å². The van der Waals surface area contributed by atoms with Gasteiger partial charge in [-0.15, -0.1) is 0 Å². The van der Waals surface area contributed by atoms with Gasteiger partial charge in [-0.3, -0.25) is 4.79 Å². The molecule has 188 valence electrons. The van der Waals surface area contributed by atoms with Gasteiger partial charge in [-0.2, -0.15) is 0 Å². The molecule has 0 aliphatic carbocycles. The predicted molar refractivity (Wildman–Crippen MR) is 143 cm³/mol. The number of amides is 1. The number of hydrogen-bond acceptors (Lipinski definition) is 4. The van der Waals surface area contributed by atoms with Crippen LogP contribution < -0.4 is 10.1 Å². The highest BCUT2D eigenvalue weighted by Gasteiger charge is 2.18. The van der Waals surface area contributed by atoms with Crippen LogP contribution in [0, 0.1) is 0 Å². The van der Waals surface area contributed by atoms with Crippen molar-refractivity contribution in [2.45, 2.75) is 38.6 Å². The van der Waals surface area contributed by atoms with E-state index in [1.54, 1.807) is 18.2 Å². The molecule has 1 saturated heterocycles. The molecule has 1 aliphatic rings. The van der Waals surface area contributed by atoms with E-state index in [0.717, 1.165) is 35.8 Å². The summed E-state index contributed by atoms with van der Waals surface area (Å²) in [5, 5.41) is 14.3. The number of hydrogen-bond donors (Lipinski definition) is 2. The number of nitrogens with zero attached hydrogens (tertiary/aromatic N) is 1. The molecule has 1 unspecified atom stereocenters. The van der Waals surface area contributed by atoms with E-state index in [2.05, 4.69) is 17.1 Å². The zero-order valence-electron chi connectivity index (χ0n) is 20.8. The van der Waals surface area contributed by atoms with Crippen molar-refractivity contribution < 1.29 is 19.4 Å². The van der Waals surface area contributed by atoms with Crippen LogP contribution in [0.5, 0.6) is 5.75 Å². The Morgan fingerprint density at radius 2 is 1.83 bits per heavy atom. The first-order valence-corrected chi connectivity index (χ1v) is 12.7. The molecule has 6 heteroatoms. The van der Waals surface area contributed by atoms with E-state index in [1.807, 2.05) is 42.5 Å². The average Bonchev–Trinajstić information content (AvgIpc) is 2.90. The molecule has 0 aromatic heterocycles. The Labute approximate surface area is 212 Å². The molecule has 1 heterocycles. The first-order valence-electron chi connectivity index (χ1n) is 12.7. The minimum Gasteiger partial charge on any atom is -0.488 e. The summed E-state index contributed by atoms with van der Waals surface area (Å²) in [7, 11) is 0. The fraction of sp³-hybridized carbons (Fsp3) is 0.333. The van der Waals surface area contributed by atoms with Gasteiger partial charge in [-0.05, 0) is 68.0 Å². The Kier molecular flexibility index (Phi) is 8.74. The molecule has 36 heavy (non-hydrogen) atoms. The Hall–Kier alpha value is -3.64. The van der Waals surface area contributed by atoms with Gasteiger partial charge in [0.25, 0.3) is 5.91 Å². The number of nitrogens with one attached hydrogen (secondary N) is 1. The smallest absolute Gasteiger partial charge is 0.335 e. The molecule has 2 N–H and O–H groups in total. The van der Waals surface area contributed by atoms with Gasteiger partial charge in [0.2, 0.25) is 0 Å². The third-order valence-electron chi connectivity index (χ3n) is 6.77. The number of ether oxygens (including phenoxy) is 1. The van der Waals surface area contributed by atoms with Crippen molar-refractivity contribution in [3.05, 3.63) is 83.4 Å². The van der Waals surface area contributed by atoms with Crippen molar-refractivity contribution in [3.8, 4) is 5.75 Å². The van der Waals surface area contributed by atoms with Crippen LogP contribution >= 0.6 is 0 Å². The highest BCUT2D eigenvalue weighted by molar-refractivity contribution is 5.98. The molecule has 0 saturated carbocycles. The highest BCUT2D eigenvalue weighted by Crippen LogP contribution is 2.26. The number of fused-ring (bicyclic) bond motifs is 1. The SMILES string of the molecule is CC1CCCCN1CCCNC(=O)/C(=C/c1ccc(C(=O)O)cc1)COc1cccc2ccccc12. The molecule has 1 fully saturated rings. The largest absolute Gasteiger partial charge is 0.488 e. The first kappa shape index (κ1) is 25.5. The number of rotatable bonds is 10. The van der Waals surface area contributed by atoms with Gasteiger partial charge in [0.15, 0.2) is 0 Å². The number of carbonyl (C=O) groups excluding carboxylic acids is 1. The third kappa shape index (κ3) is 6.73. The molecular formula is C30H34N2O4. The highest BCUT2D eigenvalue weighted by atomic mass is 16.5. The van der Waals surface area contributed by atoms with E-state index >= 15 is 0 Å². The lowest BCUT2D eigenvalue weighted by Crippen LogP contribution is -2.39. The normalized spacial score (nSPS) is 16.6. The fourth-order valence-electron chi connectivity index (χ4n) is 4.66. The Morgan fingerprint density at radius 3 is 2.61 bits per heavy atom. The minimum absolute atomic E-state index is 0.101. The van der Waals surface area contributed by atoms with Crippen LogP contribution in [0.15, 0.2) is 72.3 Å². The van der Waals surface area contributed by atoms with E-state index in [1.165, 1.54) is 31.4 Å². The van der Waals surface area contributed by atoms with E-state index in [0.29, 0.717) is 23.9 Å². The second kappa shape index (κ2) is 12.4. The van der Waals surface area contributed by atoms with E-state index in [9.17, 15) is 14.7 Å². The lowest BCUT2D eigenvalue weighted by Gasteiger charge is -2.33. The Balaban J connectivity index is 1.44. The molecule has 0 spiro atoms. The number of carboxylic acid groups (broad SMARTS) is 1. The average molecular weight is 487 g/mol. The van der Waals surface area contributed by atoms with Crippen LogP contribution in [0.2, 0.25) is 0 Å². The monoisotopic (exact) mass is 486 g/mol. The minimum atomic E-state index is -0.981. The summed E-state index contributed by atoms with van der Waals surface area (Å²) in [5.41, 5.74) is 1.43. The predicted octanol–water partition coefficient (Wildman–Crippen LogP) is 5.38. The third-order valence-corrected chi connectivity index (χ3v) is 6.77. The summed E-state index contributed by atoms with van der Waals surface area (Å²) in [6.07, 6.45) is 6.44. The van der Waals surface area contributed by atoms with Crippen molar-refractivity contribution in [1.82, 2.24) is 10.2 Å². The summed E-state index contributed by atoms with van der Waals surface area (Å²) in [6, 6.07) is 20.9. The van der Waals surface area contributed by atoms with Crippen molar-refractivity contribution in [3.63, 3.8) is 0 Å². The summed E-state index contributed by atoms with van der Waals surface area (Å²) in [5.74, 6) is -0.442. The zero-order valence-corrected chi connectivity index (χ0v) is 20.8. The van der Waals surface area contributed by atoms with Crippen molar-refractivity contribution in [2.24, 2.45) is 0 Å². The number of piperidine rings is 1. The summed E-state index contributed by atoms with van der Waals surface area (Å²) >= 11 is 0. The van der Waals surface area contributed by atoms with Crippen molar-refractivity contribution in [2.75, 3.05) is 26.2 Å². The van der Waals surface area contributed by atoms with Crippen LogP contribution in [0.4, 0.5) is 0 Å². The van der Waals surface area contributed by atoms with Gasteiger partial charge in [-0.25, -0.2) is 4.79 Å². The van der Waals surface area contributed by atoms with E-state index in [-0.39, 0.29) is 18.1 Å². The fourth-order valence-corrected chi connectivity index (χ4v) is 4.66. The van der Waals surface area contributed by atoms with Gasteiger partial charge in [0.1, 0.15) is 12.4 Å². The second-order valence-electron chi connectivity index (χ2n) is 9.35. The van der Waals surface area contributed by atoms with Gasteiger partial charge >= 0.3 is 5.97 Å². The van der Waals surface area contributed by atoms with Crippen LogP contribution in [-0.4, -0.2) is 54.2 Å². The maximum absolute atomic E-state index is 13.2. The van der Waals surface area contributed by atoms with Gasteiger partial charge in [0, 0.05) is 24.5 Å². The number of carbonyl (C=O) groups is 2. The lowest BCUT2D eigenvalue weighted by atomic mass is 10.0. The number of likely N-dealkylation sites (tertiary alicyclic amines) is 1. The number of aromatic carboxylic acids is 1. The lowest BCUT2D eigenvalue weighted by molar-refractivity contribution is -0.117. The quantitative estimate of drug-likeness (QED) is 0.297. The molecular weight excluding hydrogens is 452 g/mol. The topological polar surface area (TPSA) is 78.9 Å². The Morgan fingerprint density at radius 1 is 1.06 bits per heavy atom. The molecule has 1 aliphatic heterocycles. The summed E-state index contributed by atoms with van der Waals surface area (Å²) in [6.45, 7) is 5.07. The van der Waals surface area contributed by atoms with Crippen molar-refractivity contribution in [1.29, 1.82) is 0 Å². The Bertz CT molecular complexity index is 1210. The maximum atomic E-state index is 13.2. The summed E-state index contributed by atoms with van der Waals surface area (Å²) in [4.78, 5) is 26.8. The zero-order chi connectivity index (χ0) is 25.3. The van der Waals surface area contributed by atoms with E-state index < -0.39 is 5.97 Å².